The Morgan fingerprint density at radius 2 is 1.38 bits per heavy atom. The average molecular weight is 489 g/mol. The lowest BCUT2D eigenvalue weighted by atomic mass is 9.94. The van der Waals surface area contributed by atoms with Gasteiger partial charge < -0.3 is 4.74 Å². The van der Waals surface area contributed by atoms with Gasteiger partial charge in [-0.1, -0.05) is 23.4 Å². The van der Waals surface area contributed by atoms with Gasteiger partial charge in [-0.2, -0.15) is 43.9 Å². The number of rotatable bonds is 10. The molecule has 1 aromatic carbocycles. The van der Waals surface area contributed by atoms with Crippen LogP contribution in [0, 0.1) is 0 Å². The lowest BCUT2D eigenvalue weighted by Gasteiger charge is -2.39. The van der Waals surface area contributed by atoms with Crippen molar-refractivity contribution in [3.05, 3.63) is 42.2 Å². The summed E-state index contributed by atoms with van der Waals surface area (Å²) >= 11 is 0. The van der Waals surface area contributed by atoms with Crippen molar-refractivity contribution in [2.24, 2.45) is 0 Å². The Morgan fingerprint density at radius 3 is 1.91 bits per heavy atom. The van der Waals surface area contributed by atoms with Crippen LogP contribution in [0.3, 0.4) is 0 Å². The first-order chi connectivity index (χ1) is 14.5. The number of para-hydroxylation sites is 1. The Bertz CT molecular complexity index is 901. The standard InChI is InChI=1S/C16H11F12N3O/c17-11(18)13(21,22)15(25,26)16(27,28)14(23,24)12(19,20)8-32-7-9-6-31(30-29-9)10-4-2-1-3-5-10/h1-6,11H,7-8H2. The normalized spacial score (nSPS) is 14.3. The maximum Gasteiger partial charge on any atom is 0.384 e. The van der Waals surface area contributed by atoms with E-state index in [-0.39, 0.29) is 5.69 Å². The van der Waals surface area contributed by atoms with Crippen molar-refractivity contribution in [2.45, 2.75) is 42.6 Å². The molecule has 180 valence electrons. The molecule has 0 aliphatic rings. The maximum atomic E-state index is 13.6. The highest BCUT2D eigenvalue weighted by Crippen LogP contribution is 2.58. The first-order valence-electron chi connectivity index (χ1n) is 8.20. The Labute approximate surface area is 170 Å². The van der Waals surface area contributed by atoms with E-state index >= 15 is 0 Å². The van der Waals surface area contributed by atoms with Gasteiger partial charge in [-0.05, 0) is 12.1 Å². The molecule has 4 nitrogen and oxygen atoms in total. The smallest absolute Gasteiger partial charge is 0.369 e. The summed E-state index contributed by atoms with van der Waals surface area (Å²) in [6.45, 7) is -3.71. The van der Waals surface area contributed by atoms with E-state index in [0.717, 1.165) is 10.9 Å². The largest absolute Gasteiger partial charge is 0.384 e. The highest BCUT2D eigenvalue weighted by Gasteiger charge is 2.87. The lowest BCUT2D eigenvalue weighted by Crippen LogP contribution is -2.69. The van der Waals surface area contributed by atoms with Crippen LogP contribution < -0.4 is 0 Å². The molecular formula is C16H11F12N3O. The zero-order valence-corrected chi connectivity index (χ0v) is 15.2. The van der Waals surface area contributed by atoms with Gasteiger partial charge in [-0.25, -0.2) is 13.5 Å². The molecule has 0 aliphatic heterocycles. The topological polar surface area (TPSA) is 39.9 Å². The predicted octanol–water partition coefficient (Wildman–Crippen LogP) is 5.23. The Hall–Kier alpha value is -2.52. The minimum absolute atomic E-state index is 0.283. The second-order valence-corrected chi connectivity index (χ2v) is 6.33. The van der Waals surface area contributed by atoms with Crippen molar-refractivity contribution in [1.82, 2.24) is 15.0 Å². The van der Waals surface area contributed by atoms with Crippen LogP contribution in [-0.2, 0) is 11.3 Å². The molecule has 0 saturated carbocycles. The highest BCUT2D eigenvalue weighted by atomic mass is 19.4. The van der Waals surface area contributed by atoms with Crippen molar-refractivity contribution in [2.75, 3.05) is 6.61 Å². The van der Waals surface area contributed by atoms with Crippen LogP contribution in [0.2, 0.25) is 0 Å². The summed E-state index contributed by atoms with van der Waals surface area (Å²) in [4.78, 5) is 0. The van der Waals surface area contributed by atoms with Gasteiger partial charge >= 0.3 is 36.0 Å². The van der Waals surface area contributed by atoms with E-state index < -0.39 is 49.3 Å². The van der Waals surface area contributed by atoms with Crippen molar-refractivity contribution in [3.63, 3.8) is 0 Å². The van der Waals surface area contributed by atoms with E-state index in [2.05, 4.69) is 15.0 Å². The molecule has 0 atom stereocenters. The fourth-order valence-corrected chi connectivity index (χ4v) is 2.22. The Kier molecular flexibility index (Phi) is 6.79. The van der Waals surface area contributed by atoms with Crippen LogP contribution in [0.1, 0.15) is 5.69 Å². The molecule has 0 N–H and O–H groups in total. The predicted molar refractivity (Wildman–Crippen MR) is 81.8 cm³/mol. The molecule has 0 saturated heterocycles. The molecule has 0 unspecified atom stereocenters. The SMILES string of the molecule is FC(F)C(F)(F)C(F)(F)C(F)(F)C(F)(F)C(F)(F)COCc1cn(-c2ccccc2)nn1. The summed E-state index contributed by atoms with van der Waals surface area (Å²) in [6, 6.07) is 7.88. The number of hydrogen-bond acceptors (Lipinski definition) is 3. The van der Waals surface area contributed by atoms with Crippen LogP contribution in [0.5, 0.6) is 0 Å². The Morgan fingerprint density at radius 1 is 0.812 bits per heavy atom. The molecule has 0 amide bonds. The summed E-state index contributed by atoms with van der Waals surface area (Å²) < 4.78 is 162. The van der Waals surface area contributed by atoms with Gasteiger partial charge in [0.1, 0.15) is 12.3 Å². The van der Waals surface area contributed by atoms with Gasteiger partial charge in [-0.3, -0.25) is 0 Å². The van der Waals surface area contributed by atoms with Crippen molar-refractivity contribution >= 4 is 0 Å². The number of ether oxygens (including phenoxy) is 1. The average Bonchev–Trinajstić information content (AvgIpc) is 3.16. The third-order valence-electron chi connectivity index (χ3n) is 4.04. The van der Waals surface area contributed by atoms with Gasteiger partial charge in [0.05, 0.1) is 18.5 Å². The minimum atomic E-state index is -7.58. The monoisotopic (exact) mass is 489 g/mol. The lowest BCUT2D eigenvalue weighted by molar-refractivity contribution is -0.415. The van der Waals surface area contributed by atoms with Crippen LogP contribution in [0.15, 0.2) is 36.5 Å². The van der Waals surface area contributed by atoms with Gasteiger partial charge in [0.15, 0.2) is 0 Å². The highest BCUT2D eigenvalue weighted by molar-refractivity contribution is 5.29. The molecule has 2 aromatic rings. The number of hydrogen-bond donors (Lipinski definition) is 0. The van der Waals surface area contributed by atoms with E-state index in [1.165, 1.54) is 12.1 Å². The molecule has 1 aromatic heterocycles. The third kappa shape index (κ3) is 4.23. The van der Waals surface area contributed by atoms with Crippen LogP contribution in [0.4, 0.5) is 52.7 Å². The zero-order valence-electron chi connectivity index (χ0n) is 15.2. The van der Waals surface area contributed by atoms with Crippen molar-refractivity contribution < 1.29 is 57.4 Å². The number of halogens is 12. The molecule has 0 aliphatic carbocycles. The number of alkyl halides is 12. The van der Waals surface area contributed by atoms with Gasteiger partial charge in [0, 0.05) is 0 Å². The first-order valence-corrected chi connectivity index (χ1v) is 8.20. The fraction of sp³-hybridized carbons (Fsp3) is 0.500. The Balaban J connectivity index is 2.14. The summed E-state index contributed by atoms with van der Waals surface area (Å²) in [5, 5.41) is 6.96. The zero-order chi connectivity index (χ0) is 24.6. The molecular weight excluding hydrogens is 478 g/mol. The number of aromatic nitrogens is 3. The molecule has 0 fully saturated rings. The third-order valence-corrected chi connectivity index (χ3v) is 4.04. The fourth-order valence-electron chi connectivity index (χ4n) is 2.22. The first kappa shape index (κ1) is 25.7. The van der Waals surface area contributed by atoms with Crippen LogP contribution >= 0.6 is 0 Å². The maximum absolute atomic E-state index is 13.6. The van der Waals surface area contributed by atoms with Gasteiger partial charge in [-0.15, -0.1) is 5.10 Å². The molecule has 32 heavy (non-hydrogen) atoms. The molecule has 0 bridgehead atoms. The molecule has 0 radical (unpaired) electrons. The van der Waals surface area contributed by atoms with Crippen LogP contribution in [0.25, 0.3) is 5.69 Å². The minimum Gasteiger partial charge on any atom is -0.369 e. The number of benzene rings is 1. The molecule has 2 rings (SSSR count). The van der Waals surface area contributed by atoms with Gasteiger partial charge in [0.2, 0.25) is 0 Å². The second-order valence-electron chi connectivity index (χ2n) is 6.33. The summed E-state index contributed by atoms with van der Waals surface area (Å²) in [6.07, 6.45) is -4.48. The number of nitrogens with zero attached hydrogens (tertiary/aromatic N) is 3. The van der Waals surface area contributed by atoms with E-state index in [9.17, 15) is 52.7 Å². The van der Waals surface area contributed by atoms with E-state index in [1.54, 1.807) is 18.2 Å². The summed E-state index contributed by atoms with van der Waals surface area (Å²) in [7, 11) is 0. The van der Waals surface area contributed by atoms with E-state index in [1.807, 2.05) is 0 Å². The van der Waals surface area contributed by atoms with Crippen molar-refractivity contribution in [3.8, 4) is 5.69 Å². The van der Waals surface area contributed by atoms with Crippen LogP contribution in [-0.4, -0.2) is 57.6 Å². The summed E-state index contributed by atoms with van der Waals surface area (Å²) in [5.74, 6) is -35.5. The van der Waals surface area contributed by atoms with Crippen molar-refractivity contribution in [1.29, 1.82) is 0 Å². The summed E-state index contributed by atoms with van der Waals surface area (Å²) in [5.41, 5.74) is 0.138. The second kappa shape index (κ2) is 8.44. The van der Waals surface area contributed by atoms with Gasteiger partial charge in [0.25, 0.3) is 0 Å². The molecule has 1 heterocycles. The van der Waals surface area contributed by atoms with E-state index in [0.29, 0.717) is 5.69 Å². The molecule has 16 heteroatoms. The quantitative estimate of drug-likeness (QED) is 0.430. The molecule has 0 spiro atoms. The van der Waals surface area contributed by atoms with E-state index in [4.69, 9.17) is 0 Å².